The Hall–Kier alpha value is -4.81. The molecular weight excluding hydrogens is 468 g/mol. The standard InChI is InChI=1S/C22H19F2N5O6/c1-11-7-12(15(23)8-13(11)21(31)32)4-6-35-19-10-18(14(22(33)34)9-16(19)24)28-20(30)17(25)3-2-5-27-29-26/h2-3,5,7-10,25-26H,4,6H2,1H3,(H,28,30)(H,31,32)(H,33,34)/b3-2-,25-17?,27-5+,29-26?. The van der Waals surface area contributed by atoms with Crippen molar-refractivity contribution in [2.45, 2.75) is 13.3 Å². The van der Waals surface area contributed by atoms with Crippen molar-refractivity contribution in [3.05, 3.63) is 70.3 Å². The number of halogens is 2. The van der Waals surface area contributed by atoms with Crippen molar-refractivity contribution in [2.75, 3.05) is 11.9 Å². The predicted octanol–water partition coefficient (Wildman–Crippen LogP) is 3.82. The minimum Gasteiger partial charge on any atom is -0.490 e. The average Bonchev–Trinajstić information content (AvgIpc) is 2.79. The number of aromatic carboxylic acids is 2. The largest absolute Gasteiger partial charge is 0.490 e. The molecular formula is C22H19F2N5O6. The fraction of sp³-hybridized carbons (Fsp3) is 0.136. The normalized spacial score (nSPS) is 10.9. The molecule has 0 aliphatic heterocycles. The first-order valence-electron chi connectivity index (χ1n) is 9.73. The Morgan fingerprint density at radius 2 is 1.74 bits per heavy atom. The number of nitrogens with zero attached hydrogens (tertiary/aromatic N) is 2. The third-order valence-electron chi connectivity index (χ3n) is 4.52. The van der Waals surface area contributed by atoms with E-state index in [1.807, 2.05) is 0 Å². The maximum atomic E-state index is 14.4. The highest BCUT2D eigenvalue weighted by atomic mass is 19.1. The Kier molecular flexibility index (Phi) is 8.97. The van der Waals surface area contributed by atoms with Crippen LogP contribution in [0.1, 0.15) is 31.8 Å². The second-order valence-corrected chi connectivity index (χ2v) is 6.89. The Morgan fingerprint density at radius 3 is 2.37 bits per heavy atom. The number of aryl methyl sites for hydroxylation is 1. The van der Waals surface area contributed by atoms with Crippen LogP contribution in [0.15, 0.2) is 46.7 Å². The molecule has 0 heterocycles. The highest BCUT2D eigenvalue weighted by molar-refractivity contribution is 6.46. The van der Waals surface area contributed by atoms with Gasteiger partial charge in [0.05, 0.1) is 29.6 Å². The predicted molar refractivity (Wildman–Crippen MR) is 120 cm³/mol. The van der Waals surface area contributed by atoms with Gasteiger partial charge in [-0.05, 0) is 42.3 Å². The Balaban J connectivity index is 2.20. The van der Waals surface area contributed by atoms with E-state index < -0.39 is 46.5 Å². The summed E-state index contributed by atoms with van der Waals surface area (Å²) in [6.07, 6.45) is 3.15. The van der Waals surface area contributed by atoms with Gasteiger partial charge in [0.2, 0.25) is 0 Å². The molecule has 1 amide bonds. The van der Waals surface area contributed by atoms with E-state index in [0.717, 1.165) is 30.5 Å². The average molecular weight is 487 g/mol. The lowest BCUT2D eigenvalue weighted by atomic mass is 10.0. The summed E-state index contributed by atoms with van der Waals surface area (Å²) in [5, 5.41) is 34.1. The molecule has 182 valence electrons. The summed E-state index contributed by atoms with van der Waals surface area (Å²) in [5.41, 5.74) is 5.21. The number of rotatable bonds is 11. The first kappa shape index (κ1) is 26.4. The number of nitrogens with one attached hydrogen (secondary N) is 3. The van der Waals surface area contributed by atoms with Crippen LogP contribution in [0, 0.1) is 29.5 Å². The summed E-state index contributed by atoms with van der Waals surface area (Å²) in [5.74, 6) is -6.11. The Bertz CT molecular complexity index is 1260. The molecule has 0 spiro atoms. The SMILES string of the molecule is Cc1cc(CCOc2cc(NC(=O)C(=N)/C=C\C=N\N=N)c(C(=O)O)cc2F)c(F)cc1C(=O)O. The number of anilines is 1. The van der Waals surface area contributed by atoms with E-state index in [9.17, 15) is 28.3 Å². The third-order valence-corrected chi connectivity index (χ3v) is 4.52. The van der Waals surface area contributed by atoms with E-state index in [0.29, 0.717) is 11.6 Å². The van der Waals surface area contributed by atoms with Gasteiger partial charge >= 0.3 is 11.9 Å². The highest BCUT2D eigenvalue weighted by Gasteiger charge is 2.19. The fourth-order valence-corrected chi connectivity index (χ4v) is 2.86. The van der Waals surface area contributed by atoms with Gasteiger partial charge < -0.3 is 20.3 Å². The number of carbonyl (C=O) groups excluding carboxylic acids is 1. The number of carboxylic acid groups (broad SMARTS) is 2. The fourth-order valence-electron chi connectivity index (χ4n) is 2.86. The van der Waals surface area contributed by atoms with E-state index in [2.05, 4.69) is 15.6 Å². The molecule has 0 fully saturated rings. The summed E-state index contributed by atoms with van der Waals surface area (Å²) in [6.45, 7) is 1.25. The van der Waals surface area contributed by atoms with Crippen LogP contribution in [0.3, 0.4) is 0 Å². The summed E-state index contributed by atoms with van der Waals surface area (Å²) in [7, 11) is 0. The molecule has 0 saturated heterocycles. The van der Waals surface area contributed by atoms with Gasteiger partial charge in [-0.2, -0.15) is 5.53 Å². The second-order valence-electron chi connectivity index (χ2n) is 6.89. The Morgan fingerprint density at radius 1 is 1.09 bits per heavy atom. The summed E-state index contributed by atoms with van der Waals surface area (Å²) >= 11 is 0. The van der Waals surface area contributed by atoms with Crippen LogP contribution in [0.25, 0.3) is 0 Å². The van der Waals surface area contributed by atoms with Crippen molar-refractivity contribution in [2.24, 2.45) is 10.3 Å². The number of allylic oxidation sites excluding steroid dienone is 1. The van der Waals surface area contributed by atoms with Crippen molar-refractivity contribution >= 4 is 35.5 Å². The number of carbonyl (C=O) groups is 3. The zero-order chi connectivity index (χ0) is 26.1. The lowest BCUT2D eigenvalue weighted by Crippen LogP contribution is -2.22. The monoisotopic (exact) mass is 487 g/mol. The first-order valence-corrected chi connectivity index (χ1v) is 9.73. The van der Waals surface area contributed by atoms with Crippen molar-refractivity contribution in [3.8, 4) is 5.75 Å². The number of ether oxygens (including phenoxy) is 1. The van der Waals surface area contributed by atoms with Crippen LogP contribution in [0.5, 0.6) is 5.75 Å². The van der Waals surface area contributed by atoms with Gasteiger partial charge in [-0.3, -0.25) is 10.2 Å². The minimum atomic E-state index is -1.55. The maximum Gasteiger partial charge on any atom is 0.337 e. The lowest BCUT2D eigenvalue weighted by molar-refractivity contribution is -0.110. The van der Waals surface area contributed by atoms with E-state index in [1.54, 1.807) is 0 Å². The van der Waals surface area contributed by atoms with Crippen LogP contribution in [-0.2, 0) is 11.2 Å². The molecule has 35 heavy (non-hydrogen) atoms. The molecule has 0 bridgehead atoms. The van der Waals surface area contributed by atoms with Gasteiger partial charge in [0.25, 0.3) is 5.91 Å². The zero-order valence-electron chi connectivity index (χ0n) is 18.1. The molecule has 0 aromatic heterocycles. The molecule has 2 rings (SSSR count). The van der Waals surface area contributed by atoms with Gasteiger partial charge in [-0.1, -0.05) is 11.3 Å². The van der Waals surface area contributed by atoms with Crippen molar-refractivity contribution in [3.63, 3.8) is 0 Å². The van der Waals surface area contributed by atoms with Crippen LogP contribution in [-0.4, -0.2) is 46.6 Å². The quantitative estimate of drug-likeness (QED) is 0.182. The van der Waals surface area contributed by atoms with E-state index >= 15 is 0 Å². The van der Waals surface area contributed by atoms with E-state index in [4.69, 9.17) is 20.8 Å². The lowest BCUT2D eigenvalue weighted by Gasteiger charge is -2.13. The Labute approximate surface area is 196 Å². The number of carboxylic acids is 2. The van der Waals surface area contributed by atoms with Crippen LogP contribution in [0.4, 0.5) is 14.5 Å². The molecule has 0 aliphatic rings. The minimum absolute atomic E-state index is 0.0595. The number of hydrogen-bond acceptors (Lipinski definition) is 7. The molecule has 13 heteroatoms. The highest BCUT2D eigenvalue weighted by Crippen LogP contribution is 2.27. The maximum absolute atomic E-state index is 14.4. The van der Waals surface area contributed by atoms with E-state index in [1.165, 1.54) is 13.0 Å². The molecule has 0 aliphatic carbocycles. The topological polar surface area (TPSA) is 185 Å². The second kappa shape index (κ2) is 11.9. The van der Waals surface area contributed by atoms with Crippen molar-refractivity contribution < 1.29 is 38.1 Å². The van der Waals surface area contributed by atoms with E-state index in [-0.39, 0.29) is 29.8 Å². The number of hydrogen-bond donors (Lipinski definition) is 5. The molecule has 0 saturated carbocycles. The van der Waals surface area contributed by atoms with Gasteiger partial charge in [-0.25, -0.2) is 18.4 Å². The molecule has 0 unspecified atom stereocenters. The van der Waals surface area contributed by atoms with Crippen LogP contribution in [0.2, 0.25) is 0 Å². The molecule has 0 atom stereocenters. The molecule has 0 radical (unpaired) electrons. The molecule has 5 N–H and O–H groups in total. The van der Waals surface area contributed by atoms with Gasteiger partial charge in [0, 0.05) is 12.5 Å². The third kappa shape index (κ3) is 7.08. The van der Waals surface area contributed by atoms with Gasteiger partial charge in [0.15, 0.2) is 11.6 Å². The summed E-state index contributed by atoms with van der Waals surface area (Å²) in [6, 6.07) is 3.75. The van der Waals surface area contributed by atoms with Gasteiger partial charge in [0.1, 0.15) is 11.5 Å². The molecule has 2 aromatic carbocycles. The van der Waals surface area contributed by atoms with Crippen molar-refractivity contribution in [1.29, 1.82) is 10.9 Å². The van der Waals surface area contributed by atoms with Crippen molar-refractivity contribution in [1.82, 2.24) is 0 Å². The summed E-state index contributed by atoms with van der Waals surface area (Å²) < 4.78 is 33.9. The van der Waals surface area contributed by atoms with Crippen LogP contribution < -0.4 is 10.1 Å². The molecule has 2 aromatic rings. The number of amides is 1. The van der Waals surface area contributed by atoms with Crippen LogP contribution >= 0.6 is 0 Å². The number of benzene rings is 2. The first-order chi connectivity index (χ1) is 16.5. The zero-order valence-corrected chi connectivity index (χ0v) is 18.1. The summed E-state index contributed by atoms with van der Waals surface area (Å²) in [4.78, 5) is 34.7. The molecule has 11 nitrogen and oxygen atoms in total. The van der Waals surface area contributed by atoms with Gasteiger partial charge in [-0.15, -0.1) is 5.10 Å². The smallest absolute Gasteiger partial charge is 0.337 e.